The fraction of sp³-hybridized carbons (Fsp3) is 0.667. The molecule has 0 aliphatic carbocycles. The van der Waals surface area contributed by atoms with Crippen molar-refractivity contribution in [2.45, 2.75) is 84.1 Å². The fourth-order valence-corrected chi connectivity index (χ4v) is 4.52. The molecule has 0 fully saturated rings. The maximum atomic E-state index is 13.1. The molecule has 2 N–H and O–H groups in total. The van der Waals surface area contributed by atoms with E-state index >= 15 is 0 Å². The molecule has 1 rings (SSSR count). The number of nitrogens with two attached hydrogens (primary N) is 1. The molecule has 0 saturated carbocycles. The first kappa shape index (κ1) is 20.1. The lowest BCUT2D eigenvalue weighted by molar-refractivity contribution is 0.365. The van der Waals surface area contributed by atoms with Crippen molar-refractivity contribution < 1.29 is 8.42 Å². The van der Waals surface area contributed by atoms with E-state index in [-0.39, 0.29) is 17.9 Å². The number of nitrogens with zero attached hydrogens (tertiary/aromatic N) is 1. The zero-order chi connectivity index (χ0) is 18.1. The van der Waals surface area contributed by atoms with E-state index in [0.717, 1.165) is 15.5 Å². The lowest BCUT2D eigenvalue weighted by atomic mass is 9.89. The van der Waals surface area contributed by atoms with Crippen molar-refractivity contribution in [1.29, 1.82) is 0 Å². The molecule has 0 radical (unpaired) electrons. The standard InChI is InChI=1S/C18H32N2O2S/c1-11(2)15-9-16(12(3)4)18(17(10-15)13(5)6)23(21,22)20(19)14(7)8/h9-14H,19H2,1-8H3. The molecule has 0 bridgehead atoms. The highest BCUT2D eigenvalue weighted by molar-refractivity contribution is 7.89. The number of hydrogen-bond donors (Lipinski definition) is 1. The first-order chi connectivity index (χ1) is 10.4. The summed E-state index contributed by atoms with van der Waals surface area (Å²) in [7, 11) is -3.72. The summed E-state index contributed by atoms with van der Waals surface area (Å²) >= 11 is 0. The van der Waals surface area contributed by atoms with Gasteiger partial charge in [-0.15, -0.1) is 4.41 Å². The Kier molecular flexibility index (Phi) is 6.41. The summed E-state index contributed by atoms with van der Waals surface area (Å²) in [6.45, 7) is 15.9. The molecule has 0 aromatic heterocycles. The van der Waals surface area contributed by atoms with E-state index in [2.05, 4.69) is 13.8 Å². The van der Waals surface area contributed by atoms with Gasteiger partial charge in [-0.2, -0.15) is 0 Å². The largest absolute Gasteiger partial charge is 0.256 e. The topological polar surface area (TPSA) is 63.4 Å². The lowest BCUT2D eigenvalue weighted by Gasteiger charge is -2.27. The molecule has 0 aliphatic heterocycles. The normalized spacial score (nSPS) is 13.1. The van der Waals surface area contributed by atoms with Crippen molar-refractivity contribution in [3.63, 3.8) is 0 Å². The van der Waals surface area contributed by atoms with E-state index < -0.39 is 10.0 Å². The van der Waals surface area contributed by atoms with Crippen LogP contribution in [0, 0.1) is 0 Å². The fourth-order valence-electron chi connectivity index (χ4n) is 2.57. The number of rotatable bonds is 6. The molecule has 0 unspecified atom stereocenters. The van der Waals surface area contributed by atoms with Gasteiger partial charge in [0.2, 0.25) is 0 Å². The molecule has 0 amide bonds. The van der Waals surface area contributed by atoms with Gasteiger partial charge in [0.05, 0.1) is 4.90 Å². The minimum Gasteiger partial charge on any atom is -0.254 e. The average Bonchev–Trinajstić information content (AvgIpc) is 2.44. The molecule has 4 nitrogen and oxygen atoms in total. The monoisotopic (exact) mass is 340 g/mol. The van der Waals surface area contributed by atoms with Gasteiger partial charge in [0.1, 0.15) is 0 Å². The van der Waals surface area contributed by atoms with Crippen molar-refractivity contribution in [1.82, 2.24) is 4.41 Å². The van der Waals surface area contributed by atoms with Gasteiger partial charge < -0.3 is 0 Å². The second-order valence-corrected chi connectivity index (χ2v) is 9.20. The minimum absolute atomic E-state index is 0.108. The second kappa shape index (κ2) is 7.32. The molecule has 5 heteroatoms. The first-order valence-corrected chi connectivity index (χ1v) is 9.82. The zero-order valence-electron chi connectivity index (χ0n) is 15.7. The SMILES string of the molecule is CC(C)c1cc(C(C)C)c(S(=O)(=O)N(N)C(C)C)c(C(C)C)c1. The van der Waals surface area contributed by atoms with Gasteiger partial charge >= 0.3 is 0 Å². The Labute approximate surface area is 142 Å². The predicted molar refractivity (Wildman–Crippen MR) is 97.1 cm³/mol. The minimum atomic E-state index is -3.72. The molecular formula is C18H32N2O2S. The summed E-state index contributed by atoms with van der Waals surface area (Å²) in [5.74, 6) is 6.47. The molecule has 0 aliphatic rings. The van der Waals surface area contributed by atoms with Gasteiger partial charge in [-0.1, -0.05) is 53.7 Å². The Hall–Kier alpha value is -0.910. The van der Waals surface area contributed by atoms with E-state index in [1.54, 1.807) is 13.8 Å². The molecule has 23 heavy (non-hydrogen) atoms. The van der Waals surface area contributed by atoms with E-state index in [1.165, 1.54) is 5.56 Å². The van der Waals surface area contributed by atoms with Crippen molar-refractivity contribution >= 4 is 10.0 Å². The van der Waals surface area contributed by atoms with Crippen LogP contribution in [0.3, 0.4) is 0 Å². The van der Waals surface area contributed by atoms with Crippen LogP contribution in [0.1, 0.15) is 89.8 Å². The zero-order valence-corrected chi connectivity index (χ0v) is 16.5. The molecule has 1 aromatic carbocycles. The van der Waals surface area contributed by atoms with E-state index in [4.69, 9.17) is 5.84 Å². The van der Waals surface area contributed by atoms with Crippen LogP contribution in [-0.4, -0.2) is 18.9 Å². The molecule has 0 atom stereocenters. The van der Waals surface area contributed by atoms with Crippen molar-refractivity contribution in [2.75, 3.05) is 0 Å². The molecular weight excluding hydrogens is 308 g/mol. The van der Waals surface area contributed by atoms with Crippen LogP contribution in [0.5, 0.6) is 0 Å². The van der Waals surface area contributed by atoms with E-state index in [0.29, 0.717) is 10.8 Å². The van der Waals surface area contributed by atoms with Crippen LogP contribution in [-0.2, 0) is 10.0 Å². The van der Waals surface area contributed by atoms with Crippen LogP contribution in [0.4, 0.5) is 0 Å². The molecule has 0 saturated heterocycles. The van der Waals surface area contributed by atoms with Crippen LogP contribution < -0.4 is 5.84 Å². The second-order valence-electron chi connectivity index (χ2n) is 7.42. The van der Waals surface area contributed by atoms with E-state index in [1.807, 2.05) is 39.8 Å². The van der Waals surface area contributed by atoms with Gasteiger partial charge in [-0.25, -0.2) is 8.42 Å². The summed E-state index contributed by atoms with van der Waals surface area (Å²) < 4.78 is 27.2. The third-order valence-corrected chi connectivity index (χ3v) is 6.09. The number of hydrazine groups is 1. The summed E-state index contributed by atoms with van der Waals surface area (Å²) in [4.78, 5) is 0.392. The quantitative estimate of drug-likeness (QED) is 0.619. The maximum Gasteiger partial charge on any atom is 0.256 e. The molecule has 0 spiro atoms. The highest BCUT2D eigenvalue weighted by atomic mass is 32.2. The van der Waals surface area contributed by atoms with Gasteiger partial charge in [0.25, 0.3) is 10.0 Å². The summed E-state index contributed by atoms with van der Waals surface area (Å²) in [5, 5.41) is 0. The average molecular weight is 341 g/mol. The lowest BCUT2D eigenvalue weighted by Crippen LogP contribution is -2.43. The van der Waals surface area contributed by atoms with E-state index in [9.17, 15) is 8.42 Å². The van der Waals surface area contributed by atoms with Crippen LogP contribution in [0.25, 0.3) is 0 Å². The Morgan fingerprint density at radius 2 is 1.22 bits per heavy atom. The summed E-state index contributed by atoms with van der Waals surface area (Å²) in [5.41, 5.74) is 2.89. The van der Waals surface area contributed by atoms with Gasteiger partial charge in [-0.3, -0.25) is 5.84 Å². The van der Waals surface area contributed by atoms with Crippen molar-refractivity contribution in [3.8, 4) is 0 Å². The smallest absolute Gasteiger partial charge is 0.254 e. The van der Waals surface area contributed by atoms with Crippen LogP contribution in [0.15, 0.2) is 17.0 Å². The Morgan fingerprint density at radius 1 is 0.826 bits per heavy atom. The molecule has 1 aromatic rings. The summed E-state index contributed by atoms with van der Waals surface area (Å²) in [6, 6.07) is 3.77. The maximum absolute atomic E-state index is 13.1. The van der Waals surface area contributed by atoms with Crippen molar-refractivity contribution in [2.24, 2.45) is 5.84 Å². The Morgan fingerprint density at radius 3 is 1.48 bits per heavy atom. The van der Waals surface area contributed by atoms with Gasteiger partial charge in [0, 0.05) is 6.04 Å². The molecule has 0 heterocycles. The highest BCUT2D eigenvalue weighted by Gasteiger charge is 2.31. The van der Waals surface area contributed by atoms with Gasteiger partial charge in [0.15, 0.2) is 0 Å². The first-order valence-electron chi connectivity index (χ1n) is 8.38. The third-order valence-electron chi connectivity index (χ3n) is 4.12. The summed E-state index contributed by atoms with van der Waals surface area (Å²) in [6.07, 6.45) is 0. The number of hydrogen-bond acceptors (Lipinski definition) is 3. The number of sulfonamides is 1. The predicted octanol–water partition coefficient (Wildman–Crippen LogP) is 4.33. The van der Waals surface area contributed by atoms with Crippen LogP contribution in [0.2, 0.25) is 0 Å². The third kappa shape index (κ3) is 4.14. The Balaban J connectivity index is 3.82. The molecule has 132 valence electrons. The van der Waals surface area contributed by atoms with Crippen LogP contribution >= 0.6 is 0 Å². The van der Waals surface area contributed by atoms with Gasteiger partial charge in [-0.05, 0) is 48.3 Å². The number of benzene rings is 1. The Bertz CT molecular complexity index is 618. The highest BCUT2D eigenvalue weighted by Crippen LogP contribution is 2.36. The van der Waals surface area contributed by atoms with Crippen molar-refractivity contribution in [3.05, 3.63) is 28.8 Å².